The van der Waals surface area contributed by atoms with Gasteiger partial charge in [-0.3, -0.25) is 4.79 Å². The second-order valence-corrected chi connectivity index (χ2v) is 8.38. The predicted molar refractivity (Wildman–Crippen MR) is 125 cm³/mol. The standard InChI is InChI=1S/C22H19BrN6O3/c1-12(30)32-29-11-25-18-8-16-17(9-20(18)29)26-21(22(31)27-16)15-10-28(6-2-5-24)19-4-3-13(23)7-14(15)19/h3-4,7-11H,2,5-6,24H2,1H3,(H,27,31). The van der Waals surface area contributed by atoms with Crippen molar-refractivity contribution in [3.05, 3.63) is 57.7 Å². The molecule has 0 bridgehead atoms. The molecule has 0 fully saturated rings. The maximum absolute atomic E-state index is 13.0. The summed E-state index contributed by atoms with van der Waals surface area (Å²) in [7, 11) is 0. The second-order valence-electron chi connectivity index (χ2n) is 7.47. The average molecular weight is 495 g/mol. The molecule has 10 heteroatoms. The lowest BCUT2D eigenvalue weighted by Crippen LogP contribution is -2.15. The van der Waals surface area contributed by atoms with Crippen LogP contribution in [0.25, 0.3) is 44.2 Å². The molecule has 0 aliphatic carbocycles. The molecule has 0 atom stereocenters. The molecule has 0 unspecified atom stereocenters. The number of imidazole rings is 1. The second kappa shape index (κ2) is 7.88. The van der Waals surface area contributed by atoms with E-state index in [1.807, 2.05) is 24.4 Å². The molecule has 0 saturated heterocycles. The van der Waals surface area contributed by atoms with Gasteiger partial charge < -0.3 is 20.1 Å². The van der Waals surface area contributed by atoms with Gasteiger partial charge in [0.15, 0.2) is 0 Å². The van der Waals surface area contributed by atoms with Gasteiger partial charge in [-0.05, 0) is 43.3 Å². The predicted octanol–water partition coefficient (Wildman–Crippen LogP) is 2.98. The van der Waals surface area contributed by atoms with Gasteiger partial charge in [-0.15, -0.1) is 0 Å². The summed E-state index contributed by atoms with van der Waals surface area (Å²) in [6, 6.07) is 9.41. The molecule has 32 heavy (non-hydrogen) atoms. The van der Waals surface area contributed by atoms with Gasteiger partial charge >= 0.3 is 5.97 Å². The van der Waals surface area contributed by atoms with Crippen LogP contribution in [0.2, 0.25) is 0 Å². The van der Waals surface area contributed by atoms with Crippen molar-refractivity contribution in [1.82, 2.24) is 24.2 Å². The highest BCUT2D eigenvalue weighted by atomic mass is 79.9. The van der Waals surface area contributed by atoms with Crippen LogP contribution in [0.3, 0.4) is 0 Å². The van der Waals surface area contributed by atoms with Crippen LogP contribution in [-0.2, 0) is 11.3 Å². The number of fused-ring (bicyclic) bond motifs is 3. The Bertz CT molecular complexity index is 1570. The number of hydrogen-bond acceptors (Lipinski definition) is 6. The number of halogens is 1. The molecule has 0 saturated carbocycles. The first-order valence-corrected chi connectivity index (χ1v) is 10.8. The van der Waals surface area contributed by atoms with E-state index in [0.29, 0.717) is 34.3 Å². The third-order valence-corrected chi connectivity index (χ3v) is 5.75. The van der Waals surface area contributed by atoms with Gasteiger partial charge in [0.25, 0.3) is 5.56 Å². The third-order valence-electron chi connectivity index (χ3n) is 5.26. The van der Waals surface area contributed by atoms with Crippen LogP contribution in [-0.4, -0.2) is 36.8 Å². The molecule has 2 aromatic carbocycles. The van der Waals surface area contributed by atoms with Gasteiger partial charge in [-0.2, -0.15) is 4.73 Å². The van der Waals surface area contributed by atoms with Crippen LogP contribution in [0, 0.1) is 0 Å². The van der Waals surface area contributed by atoms with E-state index in [4.69, 9.17) is 10.6 Å². The van der Waals surface area contributed by atoms with Gasteiger partial charge in [0.05, 0.1) is 16.6 Å². The number of aromatic nitrogens is 5. The summed E-state index contributed by atoms with van der Waals surface area (Å²) in [5, 5.41) is 0.916. The number of benzene rings is 2. The summed E-state index contributed by atoms with van der Waals surface area (Å²) >= 11 is 3.52. The van der Waals surface area contributed by atoms with E-state index in [0.717, 1.165) is 33.9 Å². The summed E-state index contributed by atoms with van der Waals surface area (Å²) in [5.74, 6) is -0.463. The molecule has 0 spiro atoms. The van der Waals surface area contributed by atoms with Crippen LogP contribution in [0.1, 0.15) is 13.3 Å². The maximum Gasteiger partial charge on any atom is 0.329 e. The van der Waals surface area contributed by atoms with Gasteiger partial charge in [0, 0.05) is 40.6 Å². The van der Waals surface area contributed by atoms with Crippen LogP contribution in [0.15, 0.2) is 52.1 Å². The van der Waals surface area contributed by atoms with E-state index in [1.54, 1.807) is 12.1 Å². The molecule has 9 nitrogen and oxygen atoms in total. The lowest BCUT2D eigenvalue weighted by molar-refractivity contribution is -0.141. The van der Waals surface area contributed by atoms with E-state index >= 15 is 0 Å². The lowest BCUT2D eigenvalue weighted by Gasteiger charge is -2.05. The summed E-state index contributed by atoms with van der Waals surface area (Å²) < 4.78 is 4.29. The number of nitrogens with two attached hydrogens (primary N) is 1. The summed E-state index contributed by atoms with van der Waals surface area (Å²) in [6.07, 6.45) is 4.17. The first-order chi connectivity index (χ1) is 15.4. The van der Waals surface area contributed by atoms with Crippen LogP contribution in [0.4, 0.5) is 0 Å². The molecule has 3 N–H and O–H groups in total. The third kappa shape index (κ3) is 3.47. The Kier molecular flexibility index (Phi) is 5.03. The van der Waals surface area contributed by atoms with E-state index in [9.17, 15) is 9.59 Å². The van der Waals surface area contributed by atoms with Crippen LogP contribution in [0.5, 0.6) is 0 Å². The summed E-state index contributed by atoms with van der Waals surface area (Å²) in [6.45, 7) is 2.63. The maximum atomic E-state index is 13.0. The molecule has 0 radical (unpaired) electrons. The molecular weight excluding hydrogens is 476 g/mol. The minimum Gasteiger partial charge on any atom is -0.347 e. The summed E-state index contributed by atoms with van der Waals surface area (Å²) in [5.41, 5.74) is 9.70. The fourth-order valence-corrected chi connectivity index (χ4v) is 4.23. The number of rotatable bonds is 5. The van der Waals surface area contributed by atoms with Crippen LogP contribution >= 0.6 is 15.9 Å². The summed E-state index contributed by atoms with van der Waals surface area (Å²) in [4.78, 5) is 41.4. The monoisotopic (exact) mass is 494 g/mol. The highest BCUT2D eigenvalue weighted by Gasteiger charge is 2.17. The topological polar surface area (TPSA) is 121 Å². The normalized spacial score (nSPS) is 11.6. The first kappa shape index (κ1) is 20.4. The number of hydrogen-bond donors (Lipinski definition) is 2. The molecule has 5 rings (SSSR count). The molecule has 5 aromatic rings. The van der Waals surface area contributed by atoms with Crippen molar-refractivity contribution in [1.29, 1.82) is 0 Å². The molecule has 0 aliphatic rings. The van der Waals surface area contributed by atoms with Crippen molar-refractivity contribution in [3.8, 4) is 11.3 Å². The van der Waals surface area contributed by atoms with Gasteiger partial charge in [0.2, 0.25) is 0 Å². The van der Waals surface area contributed by atoms with Crippen molar-refractivity contribution in [2.24, 2.45) is 5.73 Å². The zero-order chi connectivity index (χ0) is 22.4. The number of aryl methyl sites for hydroxylation is 1. The Morgan fingerprint density at radius 1 is 1.22 bits per heavy atom. The van der Waals surface area contributed by atoms with Gasteiger partial charge in [-0.1, -0.05) is 15.9 Å². The van der Waals surface area contributed by atoms with E-state index in [-0.39, 0.29) is 5.56 Å². The SMILES string of the molecule is CC(=O)On1cnc2cc3[nH]c(=O)c(-c4cn(CCCN)c5ccc(Br)cc45)nc3cc21. The Morgan fingerprint density at radius 2 is 2.06 bits per heavy atom. The Balaban J connectivity index is 1.73. The number of H-pyrrole nitrogens is 1. The molecule has 0 amide bonds. The number of aromatic amines is 1. The minimum absolute atomic E-state index is 0.297. The quantitative estimate of drug-likeness (QED) is 0.387. The highest BCUT2D eigenvalue weighted by Crippen LogP contribution is 2.31. The number of nitrogens with one attached hydrogen (secondary N) is 1. The molecule has 3 aromatic heterocycles. The Morgan fingerprint density at radius 3 is 2.84 bits per heavy atom. The fraction of sp³-hybridized carbons (Fsp3) is 0.182. The average Bonchev–Trinajstić information content (AvgIpc) is 3.30. The van der Waals surface area contributed by atoms with Crippen molar-refractivity contribution in [2.45, 2.75) is 19.9 Å². The smallest absolute Gasteiger partial charge is 0.329 e. The lowest BCUT2D eigenvalue weighted by atomic mass is 10.1. The van der Waals surface area contributed by atoms with Crippen LogP contribution < -0.4 is 16.1 Å². The largest absolute Gasteiger partial charge is 0.347 e. The molecule has 3 heterocycles. The fourth-order valence-electron chi connectivity index (χ4n) is 3.87. The number of nitrogens with zero attached hydrogens (tertiary/aromatic N) is 4. The zero-order valence-electron chi connectivity index (χ0n) is 17.1. The zero-order valence-corrected chi connectivity index (χ0v) is 18.7. The minimum atomic E-state index is -0.463. The number of carbonyl (C=O) groups excluding carboxylic acids is 1. The van der Waals surface area contributed by atoms with Gasteiger partial charge in [-0.25, -0.2) is 14.8 Å². The Hall–Kier alpha value is -3.50. The molecule has 162 valence electrons. The number of carbonyl (C=O) groups is 1. The van der Waals surface area contributed by atoms with E-state index in [1.165, 1.54) is 18.0 Å². The van der Waals surface area contributed by atoms with Crippen molar-refractivity contribution >= 4 is 54.9 Å². The first-order valence-electron chi connectivity index (χ1n) is 10.0. The van der Waals surface area contributed by atoms with E-state index < -0.39 is 5.97 Å². The van der Waals surface area contributed by atoms with Crippen molar-refractivity contribution in [3.63, 3.8) is 0 Å². The van der Waals surface area contributed by atoms with Gasteiger partial charge in [0.1, 0.15) is 17.5 Å². The molecular formula is C22H19BrN6O3. The van der Waals surface area contributed by atoms with Crippen molar-refractivity contribution < 1.29 is 9.63 Å². The highest BCUT2D eigenvalue weighted by molar-refractivity contribution is 9.10. The molecule has 0 aliphatic heterocycles. The Labute approximate surface area is 189 Å². The van der Waals surface area contributed by atoms with Crippen molar-refractivity contribution in [2.75, 3.05) is 6.54 Å². The van der Waals surface area contributed by atoms with E-state index in [2.05, 4.69) is 35.4 Å².